The maximum atomic E-state index is 5.87. The standard InChI is InChI=1S/C21H20O3/c1-22-21(23-2)12-5-7-16(14-21)18-11-13-24-19-10-9-15-6-3-4-8-17(15)20(18)19/h3-12H,13-14H2,1-2H3. The Labute approximate surface area is 141 Å². The molecule has 0 bridgehead atoms. The summed E-state index contributed by atoms with van der Waals surface area (Å²) in [5.74, 6) is 0.232. The molecule has 2 aliphatic rings. The number of hydrogen-bond acceptors (Lipinski definition) is 3. The van der Waals surface area contributed by atoms with Crippen molar-refractivity contribution in [1.29, 1.82) is 0 Å². The van der Waals surface area contributed by atoms with Gasteiger partial charge in [-0.05, 0) is 40.1 Å². The molecule has 1 aliphatic carbocycles. The average molecular weight is 320 g/mol. The normalized spacial score (nSPS) is 18.6. The number of methoxy groups -OCH3 is 2. The summed E-state index contributed by atoms with van der Waals surface area (Å²) in [5, 5.41) is 2.42. The maximum Gasteiger partial charge on any atom is 0.191 e. The molecule has 2 aromatic rings. The van der Waals surface area contributed by atoms with Crippen LogP contribution >= 0.6 is 0 Å². The molecule has 0 aromatic heterocycles. The van der Waals surface area contributed by atoms with Gasteiger partial charge in [0.25, 0.3) is 0 Å². The van der Waals surface area contributed by atoms with Gasteiger partial charge >= 0.3 is 0 Å². The van der Waals surface area contributed by atoms with Crippen molar-refractivity contribution in [1.82, 2.24) is 0 Å². The van der Waals surface area contributed by atoms with Crippen molar-refractivity contribution in [3.8, 4) is 5.75 Å². The zero-order valence-electron chi connectivity index (χ0n) is 13.9. The van der Waals surface area contributed by atoms with Gasteiger partial charge in [-0.25, -0.2) is 0 Å². The topological polar surface area (TPSA) is 27.7 Å². The van der Waals surface area contributed by atoms with Crippen LogP contribution in [-0.4, -0.2) is 26.6 Å². The van der Waals surface area contributed by atoms with E-state index in [1.54, 1.807) is 14.2 Å². The Morgan fingerprint density at radius 1 is 1.04 bits per heavy atom. The molecule has 0 N–H and O–H groups in total. The van der Waals surface area contributed by atoms with Gasteiger partial charge in [-0.1, -0.05) is 42.5 Å². The minimum atomic E-state index is -0.700. The number of benzene rings is 2. The summed E-state index contributed by atoms with van der Waals surface area (Å²) >= 11 is 0. The molecule has 4 rings (SSSR count). The van der Waals surface area contributed by atoms with E-state index in [4.69, 9.17) is 14.2 Å². The average Bonchev–Trinajstić information content (AvgIpc) is 2.67. The summed E-state index contributed by atoms with van der Waals surface area (Å²) in [6.45, 7) is 0.578. The molecule has 0 atom stereocenters. The van der Waals surface area contributed by atoms with Gasteiger partial charge in [0.2, 0.25) is 0 Å². The van der Waals surface area contributed by atoms with Crippen LogP contribution < -0.4 is 4.74 Å². The highest BCUT2D eigenvalue weighted by atomic mass is 16.7. The summed E-state index contributed by atoms with van der Waals surface area (Å²) in [5.41, 5.74) is 3.56. The lowest BCUT2D eigenvalue weighted by molar-refractivity contribution is -0.168. The molecule has 1 heterocycles. The zero-order valence-corrected chi connectivity index (χ0v) is 13.9. The predicted octanol–water partition coefficient (Wildman–Crippen LogP) is 4.49. The Morgan fingerprint density at radius 3 is 2.71 bits per heavy atom. The Morgan fingerprint density at radius 2 is 1.88 bits per heavy atom. The highest BCUT2D eigenvalue weighted by Gasteiger charge is 2.32. The molecule has 2 aromatic carbocycles. The minimum Gasteiger partial charge on any atom is -0.489 e. The molecule has 0 spiro atoms. The molecule has 3 nitrogen and oxygen atoms in total. The van der Waals surface area contributed by atoms with Crippen LogP contribution in [0.3, 0.4) is 0 Å². The number of rotatable bonds is 3. The monoisotopic (exact) mass is 320 g/mol. The fourth-order valence-corrected chi connectivity index (χ4v) is 3.50. The Hall–Kier alpha value is -2.36. The highest BCUT2D eigenvalue weighted by Crippen LogP contribution is 2.43. The van der Waals surface area contributed by atoms with Crippen LogP contribution in [-0.2, 0) is 9.47 Å². The van der Waals surface area contributed by atoms with Gasteiger partial charge in [0, 0.05) is 26.2 Å². The lowest BCUT2D eigenvalue weighted by atomic mass is 9.85. The first-order valence-corrected chi connectivity index (χ1v) is 8.10. The lowest BCUT2D eigenvalue weighted by Crippen LogP contribution is -2.33. The number of ether oxygens (including phenoxy) is 3. The molecule has 0 amide bonds. The molecule has 0 fully saturated rings. The van der Waals surface area contributed by atoms with Crippen molar-refractivity contribution in [2.45, 2.75) is 12.2 Å². The summed E-state index contributed by atoms with van der Waals surface area (Å²) in [6, 6.07) is 12.6. The second-order valence-electron chi connectivity index (χ2n) is 6.04. The van der Waals surface area contributed by atoms with Crippen LogP contribution in [0.5, 0.6) is 5.75 Å². The van der Waals surface area contributed by atoms with E-state index in [0.29, 0.717) is 13.0 Å². The number of allylic oxidation sites excluding steroid dienone is 3. The Kier molecular flexibility index (Phi) is 3.75. The van der Waals surface area contributed by atoms with Crippen LogP contribution in [0, 0.1) is 0 Å². The molecule has 0 unspecified atom stereocenters. The second-order valence-corrected chi connectivity index (χ2v) is 6.04. The van der Waals surface area contributed by atoms with Crippen LogP contribution in [0.4, 0.5) is 0 Å². The summed E-state index contributed by atoms with van der Waals surface area (Å²) in [7, 11) is 3.36. The Balaban J connectivity index is 1.85. The van der Waals surface area contributed by atoms with E-state index in [0.717, 1.165) is 11.3 Å². The van der Waals surface area contributed by atoms with Crippen molar-refractivity contribution in [3.63, 3.8) is 0 Å². The van der Waals surface area contributed by atoms with Crippen LogP contribution in [0.15, 0.2) is 66.3 Å². The molecule has 0 saturated heterocycles. The molecule has 3 heteroatoms. The van der Waals surface area contributed by atoms with Gasteiger partial charge in [-0.3, -0.25) is 0 Å². The van der Waals surface area contributed by atoms with Gasteiger partial charge in [0.1, 0.15) is 12.4 Å². The molecular formula is C21H20O3. The fourth-order valence-electron chi connectivity index (χ4n) is 3.50. The van der Waals surface area contributed by atoms with Gasteiger partial charge in [0.15, 0.2) is 5.79 Å². The van der Waals surface area contributed by atoms with E-state index in [1.165, 1.54) is 21.9 Å². The summed E-state index contributed by atoms with van der Waals surface area (Å²) in [6.07, 6.45) is 8.92. The second kappa shape index (κ2) is 5.93. The van der Waals surface area contributed by atoms with Crippen LogP contribution in [0.2, 0.25) is 0 Å². The van der Waals surface area contributed by atoms with E-state index in [2.05, 4.69) is 48.6 Å². The molecule has 122 valence electrons. The van der Waals surface area contributed by atoms with E-state index < -0.39 is 5.79 Å². The molecular weight excluding hydrogens is 300 g/mol. The van der Waals surface area contributed by atoms with Crippen LogP contribution in [0.25, 0.3) is 16.3 Å². The van der Waals surface area contributed by atoms with Gasteiger partial charge in [-0.2, -0.15) is 0 Å². The van der Waals surface area contributed by atoms with Gasteiger partial charge in [0.05, 0.1) is 0 Å². The van der Waals surface area contributed by atoms with E-state index in [-0.39, 0.29) is 0 Å². The van der Waals surface area contributed by atoms with Crippen LogP contribution in [0.1, 0.15) is 12.0 Å². The first-order chi connectivity index (χ1) is 11.8. The summed E-state index contributed by atoms with van der Waals surface area (Å²) < 4.78 is 17.1. The molecule has 0 saturated carbocycles. The van der Waals surface area contributed by atoms with E-state index in [1.807, 2.05) is 12.2 Å². The first kappa shape index (κ1) is 15.2. The molecule has 24 heavy (non-hydrogen) atoms. The van der Waals surface area contributed by atoms with Crippen molar-refractivity contribution in [3.05, 3.63) is 71.8 Å². The van der Waals surface area contributed by atoms with Gasteiger partial charge < -0.3 is 14.2 Å². The molecule has 1 aliphatic heterocycles. The Bertz CT molecular complexity index is 870. The number of hydrogen-bond donors (Lipinski definition) is 0. The largest absolute Gasteiger partial charge is 0.489 e. The lowest BCUT2D eigenvalue weighted by Gasteiger charge is -2.32. The van der Waals surface area contributed by atoms with Crippen molar-refractivity contribution in [2.24, 2.45) is 0 Å². The SMILES string of the molecule is COC1(OC)C=CC=C(C2=CCOc3ccc4ccccc4c32)C1. The van der Waals surface area contributed by atoms with Crippen molar-refractivity contribution >= 4 is 16.3 Å². The third kappa shape index (κ3) is 2.37. The van der Waals surface area contributed by atoms with Crippen molar-refractivity contribution < 1.29 is 14.2 Å². The maximum absolute atomic E-state index is 5.87. The first-order valence-electron chi connectivity index (χ1n) is 8.10. The third-order valence-electron chi connectivity index (χ3n) is 4.81. The minimum absolute atomic E-state index is 0.578. The fraction of sp³-hybridized carbons (Fsp3) is 0.238. The highest BCUT2D eigenvalue weighted by molar-refractivity contribution is 6.00. The van der Waals surface area contributed by atoms with E-state index in [9.17, 15) is 0 Å². The summed E-state index contributed by atoms with van der Waals surface area (Å²) in [4.78, 5) is 0. The number of fused-ring (bicyclic) bond motifs is 3. The predicted molar refractivity (Wildman–Crippen MR) is 96.0 cm³/mol. The zero-order chi connectivity index (χ0) is 16.6. The quantitative estimate of drug-likeness (QED) is 0.780. The van der Waals surface area contributed by atoms with Gasteiger partial charge in [-0.15, -0.1) is 0 Å². The third-order valence-corrected chi connectivity index (χ3v) is 4.81. The smallest absolute Gasteiger partial charge is 0.191 e. The van der Waals surface area contributed by atoms with Crippen molar-refractivity contribution in [2.75, 3.05) is 20.8 Å². The molecule has 0 radical (unpaired) electrons. The van der Waals surface area contributed by atoms with E-state index >= 15 is 0 Å².